The maximum absolute atomic E-state index is 9.72. The highest BCUT2D eigenvalue weighted by atomic mass is 15.1. The minimum Gasteiger partial charge on any atom is -0.311 e. The van der Waals surface area contributed by atoms with Crippen molar-refractivity contribution >= 4 is 38.6 Å². The summed E-state index contributed by atoms with van der Waals surface area (Å²) in [5.41, 5.74) is 6.57. The van der Waals surface area contributed by atoms with Gasteiger partial charge in [0.05, 0.1) is 11.0 Å². The number of fused-ring (bicyclic) bond motifs is 2. The third kappa shape index (κ3) is 6.66. The third-order valence-corrected chi connectivity index (χ3v) is 10.4. The van der Waals surface area contributed by atoms with Crippen LogP contribution in [0.2, 0.25) is 0 Å². The molecule has 57 heavy (non-hydrogen) atoms. The first-order chi connectivity index (χ1) is 31.6. The van der Waals surface area contributed by atoms with Crippen molar-refractivity contribution in [3.8, 4) is 55.6 Å². The Kier molecular flexibility index (Phi) is 6.92. The molecule has 0 radical (unpaired) electrons. The van der Waals surface area contributed by atoms with Gasteiger partial charge in [-0.25, -0.2) is 0 Å². The zero-order chi connectivity index (χ0) is 44.9. The smallest absolute Gasteiger partial charge is 0.0645 e. The van der Waals surface area contributed by atoms with Crippen molar-refractivity contribution in [3.63, 3.8) is 0 Å². The van der Waals surface area contributed by atoms with Crippen molar-refractivity contribution in [1.29, 1.82) is 0 Å². The molecule has 0 amide bonds. The lowest BCUT2D eigenvalue weighted by atomic mass is 9.90. The van der Waals surface area contributed by atoms with Crippen LogP contribution in [0, 0.1) is 0 Å². The third-order valence-electron chi connectivity index (χ3n) is 10.4. The van der Waals surface area contributed by atoms with Crippen molar-refractivity contribution in [2.45, 2.75) is 0 Å². The lowest BCUT2D eigenvalue weighted by Gasteiger charge is -2.26. The second-order valence-electron chi connectivity index (χ2n) is 13.9. The number of hydrogen-bond donors (Lipinski definition) is 0. The Morgan fingerprint density at radius 2 is 0.737 bits per heavy atom. The summed E-state index contributed by atoms with van der Waals surface area (Å²) in [6, 6.07) is 57.1. The van der Waals surface area contributed by atoms with E-state index in [2.05, 4.69) is 6.07 Å². The molecule has 0 aliphatic heterocycles. The molecule has 0 spiro atoms. The predicted molar refractivity (Wildman–Crippen MR) is 243 cm³/mol. The second kappa shape index (κ2) is 15.0. The van der Waals surface area contributed by atoms with Gasteiger partial charge in [-0.15, -0.1) is 0 Å². The van der Waals surface area contributed by atoms with E-state index >= 15 is 0 Å². The predicted octanol–water partition coefficient (Wildman–Crippen LogP) is 15.8. The van der Waals surface area contributed by atoms with Crippen LogP contribution in [-0.4, -0.2) is 0 Å². The zero-order valence-corrected chi connectivity index (χ0v) is 30.8. The standard InChI is InChI=1S/C56H39N/c1-3-12-40(13-4-1)41-22-24-42(25-23-41)43-26-33-49(34-27-43)57(50-35-28-46(29-36-50)53-21-11-18-44-14-7-9-19-52(44)53)51-37-30-47(31-38-51)55-39-32-45-15-8-10-20-54(45)56(55)48-16-5-2-6-17-48/h1-39H/i26D,27D,30D,31D,33D,34D,37D,38D. The highest BCUT2D eigenvalue weighted by Crippen LogP contribution is 2.41. The average Bonchev–Trinajstić information content (AvgIpc) is 3.35. The monoisotopic (exact) mass is 733 g/mol. The van der Waals surface area contributed by atoms with E-state index in [1.807, 2.05) is 158 Å². The molecular formula is C56H39N. The van der Waals surface area contributed by atoms with E-state index in [-0.39, 0.29) is 46.7 Å². The molecule has 0 unspecified atom stereocenters. The van der Waals surface area contributed by atoms with Gasteiger partial charge in [0.15, 0.2) is 0 Å². The maximum atomic E-state index is 9.72. The molecule has 10 aromatic carbocycles. The number of anilines is 3. The van der Waals surface area contributed by atoms with E-state index < -0.39 is 24.2 Å². The van der Waals surface area contributed by atoms with E-state index in [4.69, 9.17) is 0 Å². The highest BCUT2D eigenvalue weighted by Gasteiger charge is 2.16. The van der Waals surface area contributed by atoms with Crippen LogP contribution in [0.1, 0.15) is 11.0 Å². The van der Waals surface area contributed by atoms with E-state index in [0.29, 0.717) is 16.8 Å². The van der Waals surface area contributed by atoms with Gasteiger partial charge in [0.1, 0.15) is 0 Å². The molecule has 1 nitrogen and oxygen atoms in total. The molecule has 0 aliphatic rings. The van der Waals surface area contributed by atoms with Crippen LogP contribution in [0.4, 0.5) is 17.1 Å². The molecule has 0 aliphatic carbocycles. The van der Waals surface area contributed by atoms with E-state index in [1.165, 1.54) is 4.90 Å². The van der Waals surface area contributed by atoms with Crippen LogP contribution < -0.4 is 4.90 Å². The summed E-state index contributed by atoms with van der Waals surface area (Å²) >= 11 is 0. The van der Waals surface area contributed by atoms with Crippen LogP contribution in [0.15, 0.2) is 236 Å². The zero-order valence-electron chi connectivity index (χ0n) is 38.8. The summed E-state index contributed by atoms with van der Waals surface area (Å²) in [7, 11) is 0. The largest absolute Gasteiger partial charge is 0.311 e. The second-order valence-corrected chi connectivity index (χ2v) is 13.9. The van der Waals surface area contributed by atoms with Gasteiger partial charge < -0.3 is 4.90 Å². The molecule has 1 heteroatoms. The Morgan fingerprint density at radius 3 is 1.39 bits per heavy atom. The molecule has 10 aromatic rings. The first kappa shape index (κ1) is 26.3. The molecular weight excluding hydrogens is 687 g/mol. The van der Waals surface area contributed by atoms with Crippen LogP contribution in [0.25, 0.3) is 77.2 Å². The Morgan fingerprint density at radius 1 is 0.263 bits per heavy atom. The fourth-order valence-electron chi connectivity index (χ4n) is 7.61. The molecule has 0 saturated heterocycles. The first-order valence-corrected chi connectivity index (χ1v) is 18.9. The van der Waals surface area contributed by atoms with Crippen LogP contribution in [-0.2, 0) is 0 Å². The van der Waals surface area contributed by atoms with Crippen LogP contribution in [0.5, 0.6) is 0 Å². The van der Waals surface area contributed by atoms with Crippen molar-refractivity contribution < 1.29 is 11.0 Å². The topological polar surface area (TPSA) is 3.24 Å². The Balaban J connectivity index is 1.19. The van der Waals surface area contributed by atoms with Gasteiger partial charge in [-0.3, -0.25) is 0 Å². The SMILES string of the molecule is [2H]c1c([2H])c(N(c2ccc(-c3cccc4ccccc34)cc2)c2c([2H])c([2H])c(-c3ccc4ccccc4c3-c3ccccc3)c([2H])c2[2H])c([2H])c([2H])c1-c1ccc(-c2ccccc2)cc1. The Labute approximate surface area is 345 Å². The lowest BCUT2D eigenvalue weighted by molar-refractivity contribution is 1.28. The van der Waals surface area contributed by atoms with Crippen molar-refractivity contribution in [3.05, 3.63) is 236 Å². The molecule has 0 aromatic heterocycles. The minimum atomic E-state index is -0.399. The van der Waals surface area contributed by atoms with Gasteiger partial charge in [-0.05, 0) is 113 Å². The molecule has 10 rings (SSSR count). The highest BCUT2D eigenvalue weighted by molar-refractivity contribution is 6.04. The summed E-state index contributed by atoms with van der Waals surface area (Å²) < 4.78 is 76.7. The number of nitrogens with zero attached hydrogens (tertiary/aromatic N) is 1. The van der Waals surface area contributed by atoms with Gasteiger partial charge >= 0.3 is 0 Å². The van der Waals surface area contributed by atoms with Crippen molar-refractivity contribution in [1.82, 2.24) is 0 Å². The van der Waals surface area contributed by atoms with Crippen LogP contribution >= 0.6 is 0 Å². The van der Waals surface area contributed by atoms with E-state index in [1.54, 1.807) is 24.3 Å². The number of hydrogen-bond acceptors (Lipinski definition) is 1. The van der Waals surface area contributed by atoms with Crippen LogP contribution in [0.3, 0.4) is 0 Å². The molecule has 0 bridgehead atoms. The number of rotatable bonds is 8. The summed E-state index contributed by atoms with van der Waals surface area (Å²) in [6.45, 7) is 0. The minimum absolute atomic E-state index is 0.105. The van der Waals surface area contributed by atoms with E-state index in [0.717, 1.165) is 54.9 Å². The lowest BCUT2D eigenvalue weighted by Crippen LogP contribution is -2.09. The van der Waals surface area contributed by atoms with Gasteiger partial charge in [0.2, 0.25) is 0 Å². The first-order valence-electron chi connectivity index (χ1n) is 22.9. The van der Waals surface area contributed by atoms with E-state index in [9.17, 15) is 11.0 Å². The summed E-state index contributed by atoms with van der Waals surface area (Å²) in [5.74, 6) is 0. The number of benzene rings is 10. The summed E-state index contributed by atoms with van der Waals surface area (Å²) in [5, 5.41) is 3.97. The Hall–Kier alpha value is -7.48. The summed E-state index contributed by atoms with van der Waals surface area (Å²) in [6.07, 6.45) is 0. The van der Waals surface area contributed by atoms with Gasteiger partial charge in [-0.1, -0.05) is 200 Å². The fourth-order valence-corrected chi connectivity index (χ4v) is 7.61. The summed E-state index contributed by atoms with van der Waals surface area (Å²) in [4.78, 5) is 1.36. The van der Waals surface area contributed by atoms with Crippen molar-refractivity contribution in [2.24, 2.45) is 0 Å². The molecule has 0 fully saturated rings. The fraction of sp³-hybridized carbons (Fsp3) is 0. The molecule has 0 N–H and O–H groups in total. The average molecular weight is 734 g/mol. The normalized spacial score (nSPS) is 13.1. The van der Waals surface area contributed by atoms with Gasteiger partial charge in [0.25, 0.3) is 0 Å². The molecule has 0 atom stereocenters. The maximum Gasteiger partial charge on any atom is 0.0645 e. The van der Waals surface area contributed by atoms with Crippen molar-refractivity contribution in [2.75, 3.05) is 4.90 Å². The molecule has 268 valence electrons. The van der Waals surface area contributed by atoms with Gasteiger partial charge in [0, 0.05) is 17.1 Å². The molecule has 0 heterocycles. The molecule has 0 saturated carbocycles. The Bertz CT molecular complexity index is 3380. The van der Waals surface area contributed by atoms with Gasteiger partial charge in [-0.2, -0.15) is 0 Å². The quantitative estimate of drug-likeness (QED) is 0.150.